The summed E-state index contributed by atoms with van der Waals surface area (Å²) in [5, 5.41) is 2.76. The second-order valence-electron chi connectivity index (χ2n) is 6.88. The van der Waals surface area contributed by atoms with Gasteiger partial charge in [-0.05, 0) is 42.5 Å². The third-order valence-corrected chi connectivity index (χ3v) is 5.90. The molecule has 162 valence electrons. The van der Waals surface area contributed by atoms with Crippen molar-refractivity contribution in [1.29, 1.82) is 0 Å². The Morgan fingerprint density at radius 3 is 2.31 bits per heavy atom. The van der Waals surface area contributed by atoms with E-state index >= 15 is 0 Å². The molecule has 0 saturated heterocycles. The third-order valence-electron chi connectivity index (χ3n) is 4.56. The van der Waals surface area contributed by atoms with Gasteiger partial charge in [0.2, 0.25) is 11.9 Å². The van der Waals surface area contributed by atoms with Gasteiger partial charge < -0.3 is 9.73 Å². The summed E-state index contributed by atoms with van der Waals surface area (Å²) in [4.78, 5) is 20.0. The Morgan fingerprint density at radius 2 is 1.59 bits per heavy atom. The molecule has 2 aromatic carbocycles. The highest BCUT2D eigenvalue weighted by atomic mass is 32.2. The van der Waals surface area contributed by atoms with Gasteiger partial charge in [-0.1, -0.05) is 30.3 Å². The highest BCUT2D eigenvalue weighted by molar-refractivity contribution is 7.92. The Kier molecular flexibility index (Phi) is 6.27. The van der Waals surface area contributed by atoms with Gasteiger partial charge in [-0.15, -0.1) is 0 Å². The smallest absolute Gasteiger partial charge is 0.264 e. The van der Waals surface area contributed by atoms with Gasteiger partial charge in [0.05, 0.1) is 4.90 Å². The number of carbonyl (C=O) groups excluding carboxylic acids is 1. The SMILES string of the molecule is O=C(CCc1ccc(-c2ccccc2)o1)Nc1ccc(S(=O)(=O)Nc2ncccn2)cc1. The van der Waals surface area contributed by atoms with Gasteiger partial charge >= 0.3 is 0 Å². The average molecular weight is 449 g/mol. The van der Waals surface area contributed by atoms with Crippen LogP contribution in [0.15, 0.2) is 94.5 Å². The molecule has 0 spiro atoms. The number of anilines is 2. The fourth-order valence-corrected chi connectivity index (χ4v) is 3.94. The third kappa shape index (κ3) is 5.38. The van der Waals surface area contributed by atoms with Crippen LogP contribution in [0.4, 0.5) is 11.6 Å². The van der Waals surface area contributed by atoms with E-state index < -0.39 is 10.0 Å². The summed E-state index contributed by atoms with van der Waals surface area (Å²) in [7, 11) is -3.83. The molecule has 0 aliphatic rings. The molecule has 0 saturated carbocycles. The first-order valence-corrected chi connectivity index (χ1v) is 11.3. The zero-order valence-corrected chi connectivity index (χ0v) is 17.7. The van der Waals surface area contributed by atoms with Crippen LogP contribution in [0.5, 0.6) is 0 Å². The lowest BCUT2D eigenvalue weighted by Gasteiger charge is -2.08. The van der Waals surface area contributed by atoms with Gasteiger partial charge in [0.1, 0.15) is 11.5 Å². The van der Waals surface area contributed by atoms with Crippen molar-refractivity contribution < 1.29 is 17.6 Å². The molecule has 0 bridgehead atoms. The molecule has 4 rings (SSSR count). The maximum absolute atomic E-state index is 12.4. The van der Waals surface area contributed by atoms with Crippen molar-refractivity contribution in [1.82, 2.24) is 9.97 Å². The molecule has 9 heteroatoms. The molecule has 0 aliphatic heterocycles. The standard InChI is InChI=1S/C23H20N4O4S/c28-22(14-10-19-9-13-21(31-19)17-5-2-1-3-6-17)26-18-7-11-20(12-8-18)32(29,30)27-23-24-15-4-16-25-23/h1-9,11-13,15-16H,10,14H2,(H,26,28)(H,24,25,27). The minimum absolute atomic E-state index is 0.0155. The second kappa shape index (κ2) is 9.44. The summed E-state index contributed by atoms with van der Waals surface area (Å²) in [6, 6.07) is 20.9. The van der Waals surface area contributed by atoms with Crippen LogP contribution in [0.25, 0.3) is 11.3 Å². The molecule has 1 amide bonds. The van der Waals surface area contributed by atoms with E-state index in [1.165, 1.54) is 36.7 Å². The molecular formula is C23H20N4O4S. The number of furan rings is 1. The van der Waals surface area contributed by atoms with Gasteiger partial charge in [0, 0.05) is 36.5 Å². The van der Waals surface area contributed by atoms with Gasteiger partial charge in [-0.25, -0.2) is 23.1 Å². The topological polar surface area (TPSA) is 114 Å². The van der Waals surface area contributed by atoms with Crippen molar-refractivity contribution in [3.8, 4) is 11.3 Å². The highest BCUT2D eigenvalue weighted by Crippen LogP contribution is 2.22. The van der Waals surface area contributed by atoms with Crippen molar-refractivity contribution in [2.24, 2.45) is 0 Å². The number of hydrogen-bond donors (Lipinski definition) is 2. The summed E-state index contributed by atoms with van der Waals surface area (Å²) in [5.74, 6) is 1.26. The number of rotatable bonds is 8. The zero-order chi connectivity index (χ0) is 22.4. The summed E-state index contributed by atoms with van der Waals surface area (Å²) in [5.41, 5.74) is 1.47. The van der Waals surface area contributed by atoms with Crippen LogP contribution in [-0.4, -0.2) is 24.3 Å². The molecule has 2 heterocycles. The van der Waals surface area contributed by atoms with Crippen LogP contribution < -0.4 is 10.0 Å². The number of sulfonamides is 1. The summed E-state index contributed by atoms with van der Waals surface area (Å²) in [6.45, 7) is 0. The Balaban J connectivity index is 1.32. The zero-order valence-electron chi connectivity index (χ0n) is 16.9. The van der Waals surface area contributed by atoms with E-state index in [9.17, 15) is 13.2 Å². The number of benzene rings is 2. The number of nitrogens with one attached hydrogen (secondary N) is 2. The molecule has 4 aromatic rings. The minimum atomic E-state index is -3.83. The molecule has 32 heavy (non-hydrogen) atoms. The lowest BCUT2D eigenvalue weighted by Crippen LogP contribution is -2.15. The van der Waals surface area contributed by atoms with E-state index in [1.54, 1.807) is 6.07 Å². The van der Waals surface area contributed by atoms with Gasteiger partial charge in [0.25, 0.3) is 10.0 Å². The molecule has 0 fully saturated rings. The first kappa shape index (κ1) is 21.3. The van der Waals surface area contributed by atoms with Gasteiger partial charge in [-0.2, -0.15) is 0 Å². The molecule has 2 N–H and O–H groups in total. The fraction of sp³-hybridized carbons (Fsp3) is 0.0870. The highest BCUT2D eigenvalue weighted by Gasteiger charge is 2.15. The molecular weight excluding hydrogens is 428 g/mol. The molecule has 0 atom stereocenters. The monoisotopic (exact) mass is 448 g/mol. The number of aryl methyl sites for hydroxylation is 1. The number of carbonyl (C=O) groups is 1. The van der Waals surface area contributed by atoms with Crippen LogP contribution >= 0.6 is 0 Å². The van der Waals surface area contributed by atoms with Crippen molar-refractivity contribution in [3.05, 3.63) is 91.0 Å². The van der Waals surface area contributed by atoms with Gasteiger partial charge in [-0.3, -0.25) is 4.79 Å². The van der Waals surface area contributed by atoms with Crippen molar-refractivity contribution in [2.45, 2.75) is 17.7 Å². The van der Waals surface area contributed by atoms with E-state index in [0.717, 1.165) is 17.1 Å². The van der Waals surface area contributed by atoms with E-state index in [4.69, 9.17) is 4.42 Å². The molecule has 0 unspecified atom stereocenters. The van der Waals surface area contributed by atoms with Crippen LogP contribution in [-0.2, 0) is 21.2 Å². The first-order valence-electron chi connectivity index (χ1n) is 9.83. The number of aromatic nitrogens is 2. The molecule has 0 radical (unpaired) electrons. The Morgan fingerprint density at radius 1 is 0.875 bits per heavy atom. The molecule has 0 aliphatic carbocycles. The number of hydrogen-bond acceptors (Lipinski definition) is 6. The quantitative estimate of drug-likeness (QED) is 0.419. The predicted octanol–water partition coefficient (Wildman–Crippen LogP) is 4.11. The Bertz CT molecular complexity index is 1290. The normalized spacial score (nSPS) is 11.1. The Labute approximate surface area is 185 Å². The summed E-state index contributed by atoms with van der Waals surface area (Å²) < 4.78 is 32.9. The summed E-state index contributed by atoms with van der Waals surface area (Å²) >= 11 is 0. The van der Waals surface area contributed by atoms with Gasteiger partial charge in [0.15, 0.2) is 0 Å². The molecule has 2 aromatic heterocycles. The van der Waals surface area contributed by atoms with Crippen molar-refractivity contribution >= 4 is 27.6 Å². The lowest BCUT2D eigenvalue weighted by atomic mass is 10.2. The maximum atomic E-state index is 12.4. The Hall–Kier alpha value is -3.98. The fourth-order valence-electron chi connectivity index (χ4n) is 2.98. The lowest BCUT2D eigenvalue weighted by molar-refractivity contribution is -0.116. The minimum Gasteiger partial charge on any atom is -0.461 e. The van der Waals surface area contributed by atoms with E-state index in [-0.39, 0.29) is 23.2 Å². The summed E-state index contributed by atoms with van der Waals surface area (Å²) in [6.07, 6.45) is 3.56. The van der Waals surface area contributed by atoms with Crippen LogP contribution in [0.2, 0.25) is 0 Å². The number of nitrogens with zero attached hydrogens (tertiary/aromatic N) is 2. The van der Waals surface area contributed by atoms with E-state index in [0.29, 0.717) is 12.1 Å². The molecule has 8 nitrogen and oxygen atoms in total. The van der Waals surface area contributed by atoms with Crippen molar-refractivity contribution in [2.75, 3.05) is 10.0 Å². The van der Waals surface area contributed by atoms with E-state index in [2.05, 4.69) is 20.0 Å². The van der Waals surface area contributed by atoms with Crippen LogP contribution in [0.3, 0.4) is 0 Å². The first-order chi connectivity index (χ1) is 15.5. The van der Waals surface area contributed by atoms with Crippen LogP contribution in [0.1, 0.15) is 12.2 Å². The second-order valence-corrected chi connectivity index (χ2v) is 8.56. The maximum Gasteiger partial charge on any atom is 0.264 e. The van der Waals surface area contributed by atoms with Crippen LogP contribution in [0, 0.1) is 0 Å². The average Bonchev–Trinajstić information content (AvgIpc) is 3.28. The largest absolute Gasteiger partial charge is 0.461 e. The number of amides is 1. The van der Waals surface area contributed by atoms with Crippen molar-refractivity contribution in [3.63, 3.8) is 0 Å². The van der Waals surface area contributed by atoms with E-state index in [1.807, 2.05) is 42.5 Å². The predicted molar refractivity (Wildman–Crippen MR) is 120 cm³/mol.